The van der Waals surface area contributed by atoms with Crippen LogP contribution in [-0.2, 0) is 4.74 Å². The van der Waals surface area contributed by atoms with Crippen LogP contribution in [0.2, 0.25) is 0 Å². The van der Waals surface area contributed by atoms with Crippen molar-refractivity contribution in [1.82, 2.24) is 9.97 Å². The molecule has 0 saturated heterocycles. The zero-order chi connectivity index (χ0) is 13.9. The summed E-state index contributed by atoms with van der Waals surface area (Å²) in [6.07, 6.45) is 3.68. The lowest BCUT2D eigenvalue weighted by atomic mass is 10.0. The molecule has 3 rings (SSSR count). The molecule has 3 nitrogen and oxygen atoms in total. The third-order valence-electron chi connectivity index (χ3n) is 3.51. The van der Waals surface area contributed by atoms with Gasteiger partial charge in [0.15, 0.2) is 0 Å². The van der Waals surface area contributed by atoms with Crippen LogP contribution in [0.4, 0.5) is 0 Å². The Balaban J connectivity index is 2.16. The smallest absolute Gasteiger partial charge is 0.0796 e. The molecule has 0 bridgehead atoms. The zero-order valence-electron chi connectivity index (χ0n) is 11.6. The van der Waals surface area contributed by atoms with E-state index in [9.17, 15) is 0 Å². The third kappa shape index (κ3) is 2.28. The van der Waals surface area contributed by atoms with Crippen molar-refractivity contribution >= 4 is 10.9 Å². The normalized spacial score (nSPS) is 12.5. The van der Waals surface area contributed by atoms with E-state index in [-0.39, 0.29) is 6.10 Å². The van der Waals surface area contributed by atoms with Crippen LogP contribution in [-0.4, -0.2) is 17.1 Å². The molecule has 0 N–H and O–H groups in total. The molecule has 1 aromatic carbocycles. The van der Waals surface area contributed by atoms with E-state index in [4.69, 9.17) is 4.74 Å². The van der Waals surface area contributed by atoms with Crippen molar-refractivity contribution in [3.05, 3.63) is 60.4 Å². The fourth-order valence-electron chi connectivity index (χ4n) is 2.31. The van der Waals surface area contributed by atoms with Gasteiger partial charge in [0.2, 0.25) is 0 Å². The third-order valence-corrected chi connectivity index (χ3v) is 3.51. The lowest BCUT2D eigenvalue weighted by Gasteiger charge is -2.12. The number of hydrogen-bond acceptors (Lipinski definition) is 3. The summed E-state index contributed by atoms with van der Waals surface area (Å²) >= 11 is 0. The maximum Gasteiger partial charge on any atom is 0.0796 e. The maximum atomic E-state index is 5.38. The van der Waals surface area contributed by atoms with Crippen molar-refractivity contribution in [3.63, 3.8) is 0 Å². The van der Waals surface area contributed by atoms with Gasteiger partial charge in [-0.05, 0) is 36.8 Å². The Morgan fingerprint density at radius 3 is 2.75 bits per heavy atom. The van der Waals surface area contributed by atoms with Gasteiger partial charge in [0.05, 0.1) is 17.3 Å². The Kier molecular flexibility index (Phi) is 3.44. The van der Waals surface area contributed by atoms with E-state index in [2.05, 4.69) is 34.2 Å². The number of ether oxygens (including phenoxy) is 1. The van der Waals surface area contributed by atoms with Crippen molar-refractivity contribution in [2.75, 3.05) is 7.11 Å². The molecule has 3 aromatic rings. The molecular weight excluding hydrogens is 248 g/mol. The van der Waals surface area contributed by atoms with Gasteiger partial charge in [-0.1, -0.05) is 18.2 Å². The van der Waals surface area contributed by atoms with Crippen LogP contribution in [0.3, 0.4) is 0 Å². The van der Waals surface area contributed by atoms with Gasteiger partial charge < -0.3 is 4.74 Å². The average Bonchev–Trinajstić information content (AvgIpc) is 2.53. The van der Waals surface area contributed by atoms with Crippen molar-refractivity contribution < 1.29 is 4.74 Å². The first-order chi connectivity index (χ1) is 9.79. The van der Waals surface area contributed by atoms with Gasteiger partial charge in [0, 0.05) is 30.5 Å². The van der Waals surface area contributed by atoms with Crippen molar-refractivity contribution in [2.45, 2.75) is 13.0 Å². The highest BCUT2D eigenvalue weighted by atomic mass is 16.5. The lowest BCUT2D eigenvalue weighted by molar-refractivity contribution is 0.119. The first kappa shape index (κ1) is 12.8. The summed E-state index contributed by atoms with van der Waals surface area (Å²) in [5.41, 5.74) is 4.15. The number of benzene rings is 1. The van der Waals surface area contributed by atoms with Crippen LogP contribution in [0, 0.1) is 0 Å². The molecule has 3 heteroatoms. The highest BCUT2D eigenvalue weighted by molar-refractivity contribution is 5.92. The summed E-state index contributed by atoms with van der Waals surface area (Å²) in [6, 6.07) is 14.2. The Labute approximate surface area is 118 Å². The standard InChI is InChI=1S/C17H16N2O/c1-12(20-2)13-5-3-6-14(11-13)17-15-7-4-9-18-16(15)8-10-19-17/h3-12H,1-2H3. The average molecular weight is 264 g/mol. The SMILES string of the molecule is COC(C)c1cccc(-c2nccc3ncccc23)c1. The summed E-state index contributed by atoms with van der Waals surface area (Å²) in [4.78, 5) is 8.90. The summed E-state index contributed by atoms with van der Waals surface area (Å²) in [5.74, 6) is 0. The fraction of sp³-hybridized carbons (Fsp3) is 0.176. The first-order valence-corrected chi connectivity index (χ1v) is 6.62. The second-order valence-electron chi connectivity index (χ2n) is 4.73. The second-order valence-corrected chi connectivity index (χ2v) is 4.73. The van der Waals surface area contributed by atoms with Crippen LogP contribution in [0.15, 0.2) is 54.9 Å². The van der Waals surface area contributed by atoms with Crippen LogP contribution in [0.1, 0.15) is 18.6 Å². The van der Waals surface area contributed by atoms with Crippen molar-refractivity contribution in [2.24, 2.45) is 0 Å². The minimum Gasteiger partial charge on any atom is -0.377 e. The maximum absolute atomic E-state index is 5.38. The predicted molar refractivity (Wildman–Crippen MR) is 80.4 cm³/mol. The minimum atomic E-state index is 0.0723. The van der Waals surface area contributed by atoms with Gasteiger partial charge in [-0.3, -0.25) is 9.97 Å². The van der Waals surface area contributed by atoms with Gasteiger partial charge in [-0.25, -0.2) is 0 Å². The molecule has 2 heterocycles. The molecule has 1 atom stereocenters. The number of methoxy groups -OCH3 is 1. The molecule has 0 radical (unpaired) electrons. The molecule has 2 aromatic heterocycles. The molecule has 0 amide bonds. The summed E-state index contributed by atoms with van der Waals surface area (Å²) in [5, 5.41) is 1.07. The van der Waals surface area contributed by atoms with Crippen LogP contribution < -0.4 is 0 Å². The van der Waals surface area contributed by atoms with Gasteiger partial charge >= 0.3 is 0 Å². The van der Waals surface area contributed by atoms with E-state index >= 15 is 0 Å². The van der Waals surface area contributed by atoms with Crippen LogP contribution in [0.25, 0.3) is 22.2 Å². The van der Waals surface area contributed by atoms with E-state index in [0.29, 0.717) is 0 Å². The van der Waals surface area contributed by atoms with Crippen LogP contribution in [0.5, 0.6) is 0 Å². The molecule has 0 aliphatic carbocycles. The monoisotopic (exact) mass is 264 g/mol. The van der Waals surface area contributed by atoms with E-state index in [1.165, 1.54) is 0 Å². The molecule has 0 spiro atoms. The van der Waals surface area contributed by atoms with Crippen molar-refractivity contribution in [1.29, 1.82) is 0 Å². The molecule has 0 aliphatic heterocycles. The molecule has 20 heavy (non-hydrogen) atoms. The van der Waals surface area contributed by atoms with Gasteiger partial charge in [0.25, 0.3) is 0 Å². The topological polar surface area (TPSA) is 35.0 Å². The van der Waals surface area contributed by atoms with Gasteiger partial charge in [0.1, 0.15) is 0 Å². The number of hydrogen-bond donors (Lipinski definition) is 0. The fourth-order valence-corrected chi connectivity index (χ4v) is 2.31. The van der Waals surface area contributed by atoms with Crippen molar-refractivity contribution in [3.8, 4) is 11.3 Å². The Morgan fingerprint density at radius 1 is 1.00 bits per heavy atom. The van der Waals surface area contributed by atoms with E-state index in [1.54, 1.807) is 19.5 Å². The minimum absolute atomic E-state index is 0.0723. The lowest BCUT2D eigenvalue weighted by Crippen LogP contribution is -1.96. The van der Waals surface area contributed by atoms with Gasteiger partial charge in [-0.15, -0.1) is 0 Å². The Morgan fingerprint density at radius 2 is 1.90 bits per heavy atom. The summed E-state index contributed by atoms with van der Waals surface area (Å²) in [7, 11) is 1.72. The van der Waals surface area contributed by atoms with Crippen LogP contribution >= 0.6 is 0 Å². The molecule has 0 aliphatic rings. The molecule has 0 fully saturated rings. The molecule has 100 valence electrons. The van der Waals surface area contributed by atoms with Gasteiger partial charge in [-0.2, -0.15) is 0 Å². The number of nitrogens with zero attached hydrogens (tertiary/aromatic N) is 2. The molecule has 0 saturated carbocycles. The predicted octanol–water partition coefficient (Wildman–Crippen LogP) is 4.00. The number of fused-ring (bicyclic) bond motifs is 1. The molecular formula is C17H16N2O. The quantitative estimate of drug-likeness (QED) is 0.717. The highest BCUT2D eigenvalue weighted by Gasteiger charge is 2.09. The largest absolute Gasteiger partial charge is 0.377 e. The first-order valence-electron chi connectivity index (χ1n) is 6.62. The molecule has 1 unspecified atom stereocenters. The van der Waals surface area contributed by atoms with E-state index < -0.39 is 0 Å². The zero-order valence-corrected chi connectivity index (χ0v) is 11.6. The number of aromatic nitrogens is 2. The number of rotatable bonds is 3. The summed E-state index contributed by atoms with van der Waals surface area (Å²) < 4.78 is 5.38. The Bertz CT molecular complexity index is 734. The summed E-state index contributed by atoms with van der Waals surface area (Å²) in [6.45, 7) is 2.04. The Hall–Kier alpha value is -2.26. The highest BCUT2D eigenvalue weighted by Crippen LogP contribution is 2.27. The van der Waals surface area contributed by atoms with E-state index in [1.807, 2.05) is 25.1 Å². The van der Waals surface area contributed by atoms with E-state index in [0.717, 1.165) is 27.7 Å². The number of pyridine rings is 2. The second kappa shape index (κ2) is 5.39.